The highest BCUT2D eigenvalue weighted by atomic mass is 79.9. The van der Waals surface area contributed by atoms with Gasteiger partial charge < -0.3 is 23.8 Å². The number of hydrogen-bond acceptors (Lipinski definition) is 4. The quantitative estimate of drug-likeness (QED) is 0.213. The van der Waals surface area contributed by atoms with E-state index < -0.39 is 0 Å². The van der Waals surface area contributed by atoms with Gasteiger partial charge in [-0.1, -0.05) is 59.6 Å². The van der Waals surface area contributed by atoms with E-state index in [1.54, 1.807) is 12.0 Å². The van der Waals surface area contributed by atoms with E-state index in [4.69, 9.17) is 9.47 Å². The molecule has 0 atom stereocenters. The van der Waals surface area contributed by atoms with Gasteiger partial charge in [-0.2, -0.15) is 0 Å². The van der Waals surface area contributed by atoms with Crippen LogP contribution in [0.3, 0.4) is 0 Å². The Balaban J connectivity index is 1.68. The summed E-state index contributed by atoms with van der Waals surface area (Å²) in [6.07, 6.45) is 4.56. The van der Waals surface area contributed by atoms with Crippen LogP contribution < -0.4 is 4.74 Å². The van der Waals surface area contributed by atoms with Crippen LogP contribution in [0.1, 0.15) is 37.4 Å². The first-order chi connectivity index (χ1) is 18.5. The van der Waals surface area contributed by atoms with Crippen LogP contribution in [0, 0.1) is 0 Å². The molecule has 0 saturated heterocycles. The molecule has 3 aromatic rings. The van der Waals surface area contributed by atoms with Crippen LogP contribution in [0.2, 0.25) is 0 Å². The molecule has 8 heteroatoms. The van der Waals surface area contributed by atoms with Crippen LogP contribution in [0.4, 0.5) is 0 Å². The predicted molar refractivity (Wildman–Crippen MR) is 153 cm³/mol. The Bertz CT molecular complexity index is 1120. The molecule has 38 heavy (non-hydrogen) atoms. The third-order valence-electron chi connectivity index (χ3n) is 6.24. The first-order valence-corrected chi connectivity index (χ1v) is 13.9. The first-order valence-electron chi connectivity index (χ1n) is 13.1. The molecule has 0 bridgehead atoms. The summed E-state index contributed by atoms with van der Waals surface area (Å²) in [6.45, 7) is 4.80. The van der Waals surface area contributed by atoms with Crippen molar-refractivity contribution in [1.29, 1.82) is 0 Å². The number of halogens is 1. The fraction of sp³-hybridized carbons (Fsp3) is 0.400. The molecule has 0 unspecified atom stereocenters. The summed E-state index contributed by atoms with van der Waals surface area (Å²) in [5, 5.41) is 0. The zero-order valence-electron chi connectivity index (χ0n) is 22.4. The SMILES string of the molecule is CCCCN(Cc1cccn1Cc1ccc(Br)cc1)C(=O)CN(CCCOC)C(=O)COc1ccccc1. The number of ether oxygens (including phenoxy) is 2. The highest BCUT2D eigenvalue weighted by Crippen LogP contribution is 2.15. The molecular formula is C30H38BrN3O4. The topological polar surface area (TPSA) is 64.0 Å². The summed E-state index contributed by atoms with van der Waals surface area (Å²) < 4.78 is 14.1. The van der Waals surface area contributed by atoms with Gasteiger partial charge in [-0.15, -0.1) is 0 Å². The number of carbonyl (C=O) groups is 2. The van der Waals surface area contributed by atoms with Crippen LogP contribution in [0.25, 0.3) is 0 Å². The number of nitrogens with zero attached hydrogens (tertiary/aromatic N) is 3. The number of para-hydroxylation sites is 1. The van der Waals surface area contributed by atoms with Crippen molar-refractivity contribution in [1.82, 2.24) is 14.4 Å². The third-order valence-corrected chi connectivity index (χ3v) is 6.77. The summed E-state index contributed by atoms with van der Waals surface area (Å²) in [7, 11) is 1.63. The number of unbranched alkanes of at least 4 members (excludes halogenated alkanes) is 1. The van der Waals surface area contributed by atoms with Crippen molar-refractivity contribution in [2.24, 2.45) is 0 Å². The molecule has 1 heterocycles. The van der Waals surface area contributed by atoms with Gasteiger partial charge >= 0.3 is 0 Å². The normalized spacial score (nSPS) is 10.8. The average molecular weight is 585 g/mol. The second-order valence-electron chi connectivity index (χ2n) is 9.19. The van der Waals surface area contributed by atoms with E-state index in [1.807, 2.05) is 59.6 Å². The lowest BCUT2D eigenvalue weighted by Gasteiger charge is -2.28. The van der Waals surface area contributed by atoms with E-state index in [0.717, 1.165) is 29.6 Å². The molecular weight excluding hydrogens is 546 g/mol. The molecule has 2 aromatic carbocycles. The third kappa shape index (κ3) is 9.65. The lowest BCUT2D eigenvalue weighted by atomic mass is 10.2. The molecule has 0 spiro atoms. The number of amides is 2. The van der Waals surface area contributed by atoms with Gasteiger partial charge in [0.05, 0.1) is 13.1 Å². The molecule has 0 N–H and O–H groups in total. The van der Waals surface area contributed by atoms with Gasteiger partial charge in [-0.3, -0.25) is 9.59 Å². The molecule has 2 amide bonds. The number of rotatable bonds is 16. The number of methoxy groups -OCH3 is 1. The highest BCUT2D eigenvalue weighted by Gasteiger charge is 2.22. The molecule has 0 saturated carbocycles. The smallest absolute Gasteiger partial charge is 0.260 e. The fourth-order valence-electron chi connectivity index (χ4n) is 4.08. The molecule has 0 aliphatic rings. The van der Waals surface area contributed by atoms with Crippen LogP contribution in [-0.2, 0) is 27.4 Å². The van der Waals surface area contributed by atoms with E-state index in [9.17, 15) is 9.59 Å². The maximum absolute atomic E-state index is 13.5. The van der Waals surface area contributed by atoms with Gasteiger partial charge in [0, 0.05) is 49.7 Å². The van der Waals surface area contributed by atoms with E-state index in [2.05, 4.69) is 45.6 Å². The van der Waals surface area contributed by atoms with Crippen LogP contribution in [-0.4, -0.2) is 66.1 Å². The minimum absolute atomic E-state index is 0.0117. The van der Waals surface area contributed by atoms with Crippen molar-refractivity contribution in [2.75, 3.05) is 40.0 Å². The second-order valence-corrected chi connectivity index (χ2v) is 10.1. The second kappa shape index (κ2) is 16.0. The Morgan fingerprint density at radius 1 is 0.895 bits per heavy atom. The first kappa shape index (κ1) is 29.5. The van der Waals surface area contributed by atoms with Crippen LogP contribution in [0.5, 0.6) is 5.75 Å². The van der Waals surface area contributed by atoms with Crippen molar-refractivity contribution >= 4 is 27.7 Å². The molecule has 7 nitrogen and oxygen atoms in total. The van der Waals surface area contributed by atoms with Crippen LogP contribution in [0.15, 0.2) is 77.4 Å². The molecule has 0 aliphatic heterocycles. The zero-order chi connectivity index (χ0) is 27.2. The van der Waals surface area contributed by atoms with Gasteiger partial charge in [0.25, 0.3) is 5.91 Å². The van der Waals surface area contributed by atoms with E-state index in [0.29, 0.717) is 38.4 Å². The lowest BCUT2D eigenvalue weighted by Crippen LogP contribution is -2.45. The summed E-state index contributed by atoms with van der Waals surface area (Å²) in [4.78, 5) is 30.1. The molecule has 0 fully saturated rings. The number of aromatic nitrogens is 1. The molecule has 0 aliphatic carbocycles. The molecule has 3 rings (SSSR count). The van der Waals surface area contributed by atoms with Crippen molar-refractivity contribution < 1.29 is 19.1 Å². The van der Waals surface area contributed by atoms with Gasteiger partial charge in [0.15, 0.2) is 6.61 Å². The van der Waals surface area contributed by atoms with E-state index in [-0.39, 0.29) is 25.0 Å². The van der Waals surface area contributed by atoms with E-state index in [1.165, 1.54) is 5.56 Å². The minimum Gasteiger partial charge on any atom is -0.484 e. The maximum Gasteiger partial charge on any atom is 0.260 e. The van der Waals surface area contributed by atoms with Crippen molar-refractivity contribution in [3.8, 4) is 5.75 Å². The highest BCUT2D eigenvalue weighted by molar-refractivity contribution is 9.10. The molecule has 0 radical (unpaired) electrons. The zero-order valence-corrected chi connectivity index (χ0v) is 23.9. The fourth-order valence-corrected chi connectivity index (χ4v) is 4.34. The Morgan fingerprint density at radius 2 is 1.63 bits per heavy atom. The Kier molecular flexibility index (Phi) is 12.4. The molecule has 1 aromatic heterocycles. The molecule has 204 valence electrons. The number of hydrogen-bond donors (Lipinski definition) is 0. The summed E-state index contributed by atoms with van der Waals surface area (Å²) >= 11 is 3.49. The predicted octanol–water partition coefficient (Wildman–Crippen LogP) is 5.37. The van der Waals surface area contributed by atoms with Gasteiger partial charge in [0.2, 0.25) is 5.91 Å². The summed E-state index contributed by atoms with van der Waals surface area (Å²) in [5.41, 5.74) is 2.24. The minimum atomic E-state index is -0.215. The largest absolute Gasteiger partial charge is 0.484 e. The summed E-state index contributed by atoms with van der Waals surface area (Å²) in [5.74, 6) is 0.341. The van der Waals surface area contributed by atoms with Gasteiger partial charge in [0.1, 0.15) is 5.75 Å². The number of carbonyl (C=O) groups excluding carboxylic acids is 2. The van der Waals surface area contributed by atoms with Crippen molar-refractivity contribution in [3.63, 3.8) is 0 Å². The summed E-state index contributed by atoms with van der Waals surface area (Å²) in [6, 6.07) is 21.5. The Morgan fingerprint density at radius 3 is 2.34 bits per heavy atom. The number of benzene rings is 2. The van der Waals surface area contributed by atoms with Crippen molar-refractivity contribution in [3.05, 3.63) is 88.7 Å². The van der Waals surface area contributed by atoms with Crippen LogP contribution >= 0.6 is 15.9 Å². The standard InChI is InChI=1S/C30H38BrN3O4/c1-3-4-17-33(22-27-10-8-18-32(27)21-25-13-15-26(31)16-14-25)29(35)23-34(19-9-20-37-2)30(36)24-38-28-11-6-5-7-12-28/h5-8,10-16,18H,3-4,9,17,19-24H2,1-2H3. The maximum atomic E-state index is 13.5. The van der Waals surface area contributed by atoms with Gasteiger partial charge in [-0.05, 0) is 54.8 Å². The average Bonchev–Trinajstić information content (AvgIpc) is 3.37. The van der Waals surface area contributed by atoms with Crippen molar-refractivity contribution in [2.45, 2.75) is 39.3 Å². The Labute approximate surface area is 234 Å². The Hall–Kier alpha value is -3.10. The van der Waals surface area contributed by atoms with Gasteiger partial charge in [-0.25, -0.2) is 0 Å². The van der Waals surface area contributed by atoms with E-state index >= 15 is 0 Å². The monoisotopic (exact) mass is 583 g/mol. The lowest BCUT2D eigenvalue weighted by molar-refractivity contribution is -0.142.